The molecule has 1 aliphatic rings. The van der Waals surface area contributed by atoms with Crippen LogP contribution in [0, 0.1) is 11.8 Å². The zero-order chi connectivity index (χ0) is 9.84. The third-order valence-electron chi connectivity index (χ3n) is 2.67. The van der Waals surface area contributed by atoms with Crippen LogP contribution < -0.4 is 0 Å². The molecule has 1 fully saturated rings. The van der Waals surface area contributed by atoms with E-state index in [4.69, 9.17) is 9.84 Å². The minimum absolute atomic E-state index is 0.463. The van der Waals surface area contributed by atoms with Crippen LogP contribution in [0.25, 0.3) is 0 Å². The quantitative estimate of drug-likeness (QED) is 0.659. The van der Waals surface area contributed by atoms with Crippen LogP contribution in [0.4, 0.5) is 0 Å². The standard InChI is InChI=1S/C10H18O3/c1-3-8-6-9(8)4-5-13-10(12)7(2)11/h7-9,11H,3-6H2,1-2H3. The van der Waals surface area contributed by atoms with E-state index in [9.17, 15) is 4.79 Å². The minimum Gasteiger partial charge on any atom is -0.464 e. The second-order valence-corrected chi connectivity index (χ2v) is 3.80. The molecule has 3 unspecified atom stereocenters. The Hall–Kier alpha value is -0.570. The zero-order valence-corrected chi connectivity index (χ0v) is 8.32. The fourth-order valence-corrected chi connectivity index (χ4v) is 1.60. The summed E-state index contributed by atoms with van der Waals surface area (Å²) in [7, 11) is 0. The Morgan fingerprint density at radius 3 is 2.77 bits per heavy atom. The lowest BCUT2D eigenvalue weighted by molar-refractivity contribution is -0.152. The van der Waals surface area contributed by atoms with Crippen LogP contribution in [0.3, 0.4) is 0 Å². The lowest BCUT2D eigenvalue weighted by atomic mass is 10.2. The number of hydrogen-bond acceptors (Lipinski definition) is 3. The van der Waals surface area contributed by atoms with Gasteiger partial charge in [-0.1, -0.05) is 13.3 Å². The first-order chi connectivity index (χ1) is 6.15. The lowest BCUT2D eigenvalue weighted by Crippen LogP contribution is -2.19. The molecule has 0 aromatic carbocycles. The van der Waals surface area contributed by atoms with Gasteiger partial charge >= 0.3 is 5.97 Å². The molecule has 0 aromatic rings. The minimum atomic E-state index is -0.985. The van der Waals surface area contributed by atoms with Crippen molar-refractivity contribution in [1.82, 2.24) is 0 Å². The maximum absolute atomic E-state index is 10.8. The molecule has 1 aliphatic carbocycles. The number of aliphatic hydroxyl groups is 1. The van der Waals surface area contributed by atoms with Crippen molar-refractivity contribution in [3.05, 3.63) is 0 Å². The van der Waals surface area contributed by atoms with Crippen LogP contribution in [0.15, 0.2) is 0 Å². The summed E-state index contributed by atoms with van der Waals surface area (Å²) in [5.41, 5.74) is 0. The fourth-order valence-electron chi connectivity index (χ4n) is 1.60. The van der Waals surface area contributed by atoms with Crippen molar-refractivity contribution in [2.24, 2.45) is 11.8 Å². The normalized spacial score (nSPS) is 28.2. The van der Waals surface area contributed by atoms with Gasteiger partial charge in [0, 0.05) is 0 Å². The largest absolute Gasteiger partial charge is 0.464 e. The molecule has 13 heavy (non-hydrogen) atoms. The van der Waals surface area contributed by atoms with Gasteiger partial charge in [-0.25, -0.2) is 4.79 Å². The molecule has 0 saturated heterocycles. The number of ether oxygens (including phenoxy) is 1. The van der Waals surface area contributed by atoms with Gasteiger partial charge in [-0.3, -0.25) is 0 Å². The highest BCUT2D eigenvalue weighted by atomic mass is 16.5. The smallest absolute Gasteiger partial charge is 0.334 e. The van der Waals surface area contributed by atoms with Crippen LogP contribution in [0.2, 0.25) is 0 Å². The lowest BCUT2D eigenvalue weighted by Gasteiger charge is -2.05. The Kier molecular flexibility index (Phi) is 3.72. The molecule has 3 atom stereocenters. The van der Waals surface area contributed by atoms with Crippen LogP contribution in [0.5, 0.6) is 0 Å². The van der Waals surface area contributed by atoms with E-state index in [1.54, 1.807) is 0 Å². The molecule has 0 radical (unpaired) electrons. The highest BCUT2D eigenvalue weighted by Gasteiger charge is 2.34. The van der Waals surface area contributed by atoms with Gasteiger partial charge in [-0.05, 0) is 31.6 Å². The first-order valence-electron chi connectivity index (χ1n) is 4.99. The maximum Gasteiger partial charge on any atom is 0.334 e. The van der Waals surface area contributed by atoms with Gasteiger partial charge < -0.3 is 9.84 Å². The van der Waals surface area contributed by atoms with E-state index in [0.29, 0.717) is 6.61 Å². The van der Waals surface area contributed by atoms with E-state index in [-0.39, 0.29) is 0 Å². The second kappa shape index (κ2) is 4.61. The number of aliphatic hydroxyl groups excluding tert-OH is 1. The fraction of sp³-hybridized carbons (Fsp3) is 0.900. The van der Waals surface area contributed by atoms with E-state index in [1.807, 2.05) is 0 Å². The summed E-state index contributed by atoms with van der Waals surface area (Å²) in [6.45, 7) is 4.08. The summed E-state index contributed by atoms with van der Waals surface area (Å²) in [5, 5.41) is 8.83. The van der Waals surface area contributed by atoms with E-state index < -0.39 is 12.1 Å². The van der Waals surface area contributed by atoms with Gasteiger partial charge in [0.25, 0.3) is 0 Å². The van der Waals surface area contributed by atoms with E-state index in [2.05, 4.69) is 6.92 Å². The molecule has 76 valence electrons. The average Bonchev–Trinajstić information content (AvgIpc) is 2.83. The van der Waals surface area contributed by atoms with Gasteiger partial charge in [0.2, 0.25) is 0 Å². The Labute approximate surface area is 79.1 Å². The summed E-state index contributed by atoms with van der Waals surface area (Å²) >= 11 is 0. The molecule has 0 bridgehead atoms. The predicted molar refractivity (Wildman–Crippen MR) is 49.1 cm³/mol. The third-order valence-corrected chi connectivity index (χ3v) is 2.67. The number of hydrogen-bond donors (Lipinski definition) is 1. The van der Waals surface area contributed by atoms with Crippen molar-refractivity contribution >= 4 is 5.97 Å². The van der Waals surface area contributed by atoms with E-state index in [1.165, 1.54) is 19.8 Å². The monoisotopic (exact) mass is 186 g/mol. The molecule has 3 nitrogen and oxygen atoms in total. The van der Waals surface area contributed by atoms with Crippen molar-refractivity contribution in [3.8, 4) is 0 Å². The second-order valence-electron chi connectivity index (χ2n) is 3.80. The maximum atomic E-state index is 10.8. The predicted octanol–water partition coefficient (Wildman–Crippen LogP) is 1.35. The topological polar surface area (TPSA) is 46.5 Å². The average molecular weight is 186 g/mol. The molecule has 3 heteroatoms. The van der Waals surface area contributed by atoms with Gasteiger partial charge in [-0.15, -0.1) is 0 Å². The molecule has 0 heterocycles. The number of carbonyl (C=O) groups excluding carboxylic acids is 1. The summed E-state index contributed by atoms with van der Waals surface area (Å²) in [4.78, 5) is 10.8. The first kappa shape index (κ1) is 10.5. The zero-order valence-electron chi connectivity index (χ0n) is 8.32. The van der Waals surface area contributed by atoms with Crippen molar-refractivity contribution in [2.45, 2.75) is 39.2 Å². The Balaban J connectivity index is 1.99. The molecule has 0 aliphatic heterocycles. The summed E-state index contributed by atoms with van der Waals surface area (Å²) in [5.74, 6) is 1.10. The SMILES string of the molecule is CCC1CC1CCOC(=O)C(C)O. The molecule has 1 N–H and O–H groups in total. The van der Waals surface area contributed by atoms with Crippen LogP contribution in [-0.2, 0) is 9.53 Å². The molecule has 1 saturated carbocycles. The van der Waals surface area contributed by atoms with Crippen molar-refractivity contribution < 1.29 is 14.6 Å². The Morgan fingerprint density at radius 1 is 1.62 bits per heavy atom. The van der Waals surface area contributed by atoms with Gasteiger partial charge in [0.05, 0.1) is 6.61 Å². The molecular formula is C10H18O3. The summed E-state index contributed by atoms with van der Waals surface area (Å²) < 4.78 is 4.86. The van der Waals surface area contributed by atoms with E-state index in [0.717, 1.165) is 18.3 Å². The number of esters is 1. The van der Waals surface area contributed by atoms with Gasteiger partial charge in [0.15, 0.2) is 0 Å². The van der Waals surface area contributed by atoms with Crippen molar-refractivity contribution in [3.63, 3.8) is 0 Å². The van der Waals surface area contributed by atoms with Gasteiger partial charge in [0.1, 0.15) is 6.10 Å². The molecule has 1 rings (SSSR count). The van der Waals surface area contributed by atoms with Gasteiger partial charge in [-0.2, -0.15) is 0 Å². The van der Waals surface area contributed by atoms with Crippen molar-refractivity contribution in [2.75, 3.05) is 6.61 Å². The third kappa shape index (κ3) is 3.35. The Bertz CT molecular complexity index is 177. The summed E-state index contributed by atoms with van der Waals surface area (Å²) in [6.07, 6.45) is 2.48. The van der Waals surface area contributed by atoms with Crippen LogP contribution in [-0.4, -0.2) is 23.8 Å². The van der Waals surface area contributed by atoms with Crippen molar-refractivity contribution in [1.29, 1.82) is 0 Å². The highest BCUT2D eigenvalue weighted by molar-refractivity contribution is 5.73. The van der Waals surface area contributed by atoms with Crippen LogP contribution >= 0.6 is 0 Å². The highest BCUT2D eigenvalue weighted by Crippen LogP contribution is 2.43. The number of carbonyl (C=O) groups is 1. The molecule has 0 aromatic heterocycles. The number of rotatable bonds is 5. The first-order valence-corrected chi connectivity index (χ1v) is 4.99. The van der Waals surface area contributed by atoms with Crippen LogP contribution in [0.1, 0.15) is 33.1 Å². The molecular weight excluding hydrogens is 168 g/mol. The summed E-state index contributed by atoms with van der Waals surface area (Å²) in [6, 6.07) is 0. The molecule has 0 spiro atoms. The van der Waals surface area contributed by atoms with E-state index >= 15 is 0 Å². The Morgan fingerprint density at radius 2 is 2.31 bits per heavy atom. The molecule has 0 amide bonds.